The fourth-order valence-corrected chi connectivity index (χ4v) is 2.22. The Morgan fingerprint density at radius 1 is 1.47 bits per heavy atom. The summed E-state index contributed by atoms with van der Waals surface area (Å²) in [4.78, 5) is 15.5. The summed E-state index contributed by atoms with van der Waals surface area (Å²) < 4.78 is 1.99. The van der Waals surface area contributed by atoms with Crippen molar-refractivity contribution in [2.45, 2.75) is 19.4 Å². The number of imidazole rings is 1. The number of aromatic nitrogens is 2. The fraction of sp³-hybridized carbons (Fsp3) is 0.231. The summed E-state index contributed by atoms with van der Waals surface area (Å²) in [7, 11) is 0. The first-order chi connectivity index (χ1) is 8.24. The van der Waals surface area contributed by atoms with Crippen molar-refractivity contribution >= 4 is 17.1 Å². The van der Waals surface area contributed by atoms with E-state index in [0.717, 1.165) is 11.2 Å². The maximum absolute atomic E-state index is 11.3. The minimum absolute atomic E-state index is 0.0669. The highest BCUT2D eigenvalue weighted by Gasteiger charge is 2.18. The minimum atomic E-state index is 0.0669. The van der Waals surface area contributed by atoms with Gasteiger partial charge in [0.1, 0.15) is 5.65 Å². The molecule has 1 aliphatic heterocycles. The van der Waals surface area contributed by atoms with Crippen molar-refractivity contribution in [3.05, 3.63) is 42.4 Å². The third-order valence-corrected chi connectivity index (χ3v) is 3.07. The molecule has 1 aliphatic rings. The highest BCUT2D eigenvalue weighted by atomic mass is 16.1. The maximum atomic E-state index is 11.3. The third-order valence-electron chi connectivity index (χ3n) is 3.07. The lowest BCUT2D eigenvalue weighted by Gasteiger charge is -2.22. The van der Waals surface area contributed by atoms with E-state index in [0.29, 0.717) is 6.42 Å². The molecular weight excluding hydrogens is 214 g/mol. The Kier molecular flexibility index (Phi) is 2.21. The summed E-state index contributed by atoms with van der Waals surface area (Å²) in [5.41, 5.74) is 3.23. The first-order valence-corrected chi connectivity index (χ1v) is 5.66. The number of carbonyl (C=O) groups excluding carboxylic acids is 1. The molecule has 0 radical (unpaired) electrons. The lowest BCUT2D eigenvalue weighted by molar-refractivity contribution is -0.120. The molecule has 2 aromatic rings. The van der Waals surface area contributed by atoms with E-state index >= 15 is 0 Å². The number of rotatable bonds is 1. The van der Waals surface area contributed by atoms with Crippen molar-refractivity contribution in [3.63, 3.8) is 0 Å². The van der Waals surface area contributed by atoms with Gasteiger partial charge >= 0.3 is 0 Å². The van der Waals surface area contributed by atoms with Crippen LogP contribution in [0.15, 0.2) is 36.8 Å². The van der Waals surface area contributed by atoms with Gasteiger partial charge in [0.05, 0.1) is 6.04 Å². The second-order valence-electron chi connectivity index (χ2n) is 4.26. The lowest BCUT2D eigenvalue weighted by atomic mass is 9.97. The van der Waals surface area contributed by atoms with Crippen molar-refractivity contribution in [1.82, 2.24) is 14.7 Å². The Labute approximate surface area is 99.0 Å². The minimum Gasteiger partial charge on any atom is -0.349 e. The molecule has 2 aromatic heterocycles. The molecule has 0 bridgehead atoms. The molecule has 0 spiro atoms. The second-order valence-corrected chi connectivity index (χ2v) is 4.26. The van der Waals surface area contributed by atoms with Crippen LogP contribution in [0.2, 0.25) is 0 Å². The summed E-state index contributed by atoms with van der Waals surface area (Å²) in [5, 5.41) is 2.94. The van der Waals surface area contributed by atoms with Crippen LogP contribution in [-0.2, 0) is 4.79 Å². The number of amides is 1. The highest BCUT2D eigenvalue weighted by molar-refractivity contribution is 5.87. The monoisotopic (exact) mass is 227 g/mol. The van der Waals surface area contributed by atoms with Crippen LogP contribution in [0.5, 0.6) is 0 Å². The molecule has 17 heavy (non-hydrogen) atoms. The Bertz CT molecular complexity index is 612. The SMILES string of the molecule is CC1NC(=O)CC=C1c1ccc2nccn2c1. The van der Waals surface area contributed by atoms with E-state index in [4.69, 9.17) is 0 Å². The van der Waals surface area contributed by atoms with Gasteiger partial charge in [0.25, 0.3) is 0 Å². The summed E-state index contributed by atoms with van der Waals surface area (Å²) >= 11 is 0. The number of fused-ring (bicyclic) bond motifs is 1. The zero-order valence-corrected chi connectivity index (χ0v) is 9.55. The van der Waals surface area contributed by atoms with Crippen LogP contribution in [0.3, 0.4) is 0 Å². The number of hydrogen-bond donors (Lipinski definition) is 1. The number of hydrogen-bond acceptors (Lipinski definition) is 2. The third kappa shape index (κ3) is 1.71. The highest BCUT2D eigenvalue weighted by Crippen LogP contribution is 2.22. The topological polar surface area (TPSA) is 46.4 Å². The average Bonchev–Trinajstić information content (AvgIpc) is 2.75. The molecule has 86 valence electrons. The summed E-state index contributed by atoms with van der Waals surface area (Å²) in [6, 6.07) is 4.10. The number of nitrogens with one attached hydrogen (secondary N) is 1. The molecule has 1 amide bonds. The predicted molar refractivity (Wildman–Crippen MR) is 65.4 cm³/mol. The molecular formula is C13H13N3O. The van der Waals surface area contributed by atoms with Gasteiger partial charge in [0, 0.05) is 25.0 Å². The first-order valence-electron chi connectivity index (χ1n) is 5.66. The van der Waals surface area contributed by atoms with Crippen molar-refractivity contribution in [1.29, 1.82) is 0 Å². The molecule has 1 N–H and O–H groups in total. The Hall–Kier alpha value is -2.10. The van der Waals surface area contributed by atoms with Crippen molar-refractivity contribution in [3.8, 4) is 0 Å². The molecule has 0 saturated heterocycles. The summed E-state index contributed by atoms with van der Waals surface area (Å²) in [5.74, 6) is 0.0879. The van der Waals surface area contributed by atoms with Gasteiger partial charge in [0.15, 0.2) is 0 Å². The van der Waals surface area contributed by atoms with Gasteiger partial charge in [-0.3, -0.25) is 4.79 Å². The number of pyridine rings is 1. The van der Waals surface area contributed by atoms with Crippen molar-refractivity contribution in [2.24, 2.45) is 0 Å². The normalized spacial score (nSPS) is 20.2. The van der Waals surface area contributed by atoms with Gasteiger partial charge in [-0.05, 0) is 30.2 Å². The standard InChI is InChI=1S/C13H13N3O/c1-9-11(3-5-13(17)15-9)10-2-4-12-14-6-7-16(12)8-10/h2-4,6-9H,5H2,1H3,(H,15,17). The van der Waals surface area contributed by atoms with E-state index < -0.39 is 0 Å². The average molecular weight is 227 g/mol. The summed E-state index contributed by atoms with van der Waals surface area (Å²) in [6.07, 6.45) is 8.20. The van der Waals surface area contributed by atoms with Crippen molar-refractivity contribution < 1.29 is 4.79 Å². The molecule has 0 saturated carbocycles. The fourth-order valence-electron chi connectivity index (χ4n) is 2.22. The molecule has 4 nitrogen and oxygen atoms in total. The van der Waals surface area contributed by atoms with Crippen LogP contribution in [0.1, 0.15) is 18.9 Å². The van der Waals surface area contributed by atoms with Crippen LogP contribution in [0, 0.1) is 0 Å². The zero-order valence-electron chi connectivity index (χ0n) is 9.55. The van der Waals surface area contributed by atoms with E-state index in [1.807, 2.05) is 41.9 Å². The largest absolute Gasteiger partial charge is 0.349 e. The van der Waals surface area contributed by atoms with Gasteiger partial charge in [-0.15, -0.1) is 0 Å². The summed E-state index contributed by atoms with van der Waals surface area (Å²) in [6.45, 7) is 2.00. The lowest BCUT2D eigenvalue weighted by Crippen LogP contribution is -2.36. The molecule has 1 atom stereocenters. The van der Waals surface area contributed by atoms with E-state index in [1.165, 1.54) is 5.57 Å². The molecule has 1 unspecified atom stereocenters. The first kappa shape index (κ1) is 10.1. The zero-order chi connectivity index (χ0) is 11.8. The molecule has 0 fully saturated rings. The van der Waals surface area contributed by atoms with Crippen LogP contribution >= 0.6 is 0 Å². The van der Waals surface area contributed by atoms with E-state index in [9.17, 15) is 4.79 Å². The van der Waals surface area contributed by atoms with Gasteiger partial charge in [-0.25, -0.2) is 4.98 Å². The molecule has 3 rings (SSSR count). The van der Waals surface area contributed by atoms with Crippen LogP contribution in [0.4, 0.5) is 0 Å². The smallest absolute Gasteiger partial charge is 0.224 e. The Balaban J connectivity index is 2.05. The number of carbonyl (C=O) groups is 1. The quantitative estimate of drug-likeness (QED) is 0.804. The molecule has 0 aromatic carbocycles. The van der Waals surface area contributed by atoms with Crippen molar-refractivity contribution in [2.75, 3.05) is 0 Å². The molecule has 3 heterocycles. The van der Waals surface area contributed by atoms with E-state index in [2.05, 4.69) is 10.3 Å². The molecule has 4 heteroatoms. The van der Waals surface area contributed by atoms with Gasteiger partial charge < -0.3 is 9.72 Å². The van der Waals surface area contributed by atoms with Crippen LogP contribution in [0.25, 0.3) is 11.2 Å². The Morgan fingerprint density at radius 3 is 3.18 bits per heavy atom. The van der Waals surface area contributed by atoms with E-state index in [1.54, 1.807) is 6.20 Å². The Morgan fingerprint density at radius 2 is 2.35 bits per heavy atom. The van der Waals surface area contributed by atoms with Gasteiger partial charge in [-0.2, -0.15) is 0 Å². The van der Waals surface area contributed by atoms with Gasteiger partial charge in [-0.1, -0.05) is 6.08 Å². The number of nitrogens with zero attached hydrogens (tertiary/aromatic N) is 2. The van der Waals surface area contributed by atoms with Crippen LogP contribution in [-0.4, -0.2) is 21.3 Å². The van der Waals surface area contributed by atoms with E-state index in [-0.39, 0.29) is 11.9 Å². The van der Waals surface area contributed by atoms with Gasteiger partial charge in [0.2, 0.25) is 5.91 Å². The molecule has 0 aliphatic carbocycles. The van der Waals surface area contributed by atoms with Crippen LogP contribution < -0.4 is 5.32 Å². The predicted octanol–water partition coefficient (Wildman–Crippen LogP) is 1.63. The second kappa shape index (κ2) is 3.73. The maximum Gasteiger partial charge on any atom is 0.224 e.